The average Bonchev–Trinajstić information content (AvgIpc) is 3.61. The molecule has 0 atom stereocenters. The molecule has 1 aliphatic heterocycles. The molecule has 0 spiro atoms. The molecule has 0 saturated heterocycles. The van der Waals surface area contributed by atoms with Crippen molar-refractivity contribution < 1.29 is 52.2 Å². The predicted molar refractivity (Wildman–Crippen MR) is 162 cm³/mol. The third-order valence-corrected chi connectivity index (χ3v) is 6.09. The fourth-order valence-corrected chi connectivity index (χ4v) is 3.61. The number of hydrogen-bond acceptors (Lipinski definition) is 13. The first kappa shape index (κ1) is 38.8. The van der Waals surface area contributed by atoms with E-state index >= 15 is 0 Å². The minimum Gasteiger partial charge on any atom is -0.379 e. The normalized spacial score (nSPS) is 13.3. The van der Waals surface area contributed by atoms with E-state index < -0.39 is 0 Å². The van der Waals surface area contributed by atoms with Crippen LogP contribution < -0.4 is 0 Å². The Balaban J connectivity index is 1.21. The summed E-state index contributed by atoms with van der Waals surface area (Å²) in [6.45, 7) is 14.3. The summed E-state index contributed by atoms with van der Waals surface area (Å²) >= 11 is 0. The molecule has 0 aromatic carbocycles. The van der Waals surface area contributed by atoms with Gasteiger partial charge in [-0.3, -0.25) is 14.5 Å². The second-order valence-corrected chi connectivity index (χ2v) is 10.3. The Bertz CT molecular complexity index is 898. The Morgan fingerprint density at radius 1 is 0.556 bits per heavy atom. The lowest BCUT2D eigenvalue weighted by Crippen LogP contribution is -2.29. The number of imide groups is 1. The van der Waals surface area contributed by atoms with E-state index in [1.165, 1.54) is 12.2 Å². The molecule has 0 saturated carbocycles. The van der Waals surface area contributed by atoms with Crippen LogP contribution in [0.2, 0.25) is 0 Å². The Labute approximate surface area is 266 Å². The standard InChI is InChI=1S/C30H52N4O11/c1-27(2)5-7-37-9-11-39-13-15-41-17-19-43-21-23-45-24-22-44-20-18-42-16-14-40-12-10-38-8-6-33-25-28(31-32-33)26-34-29(35)3-4-30(34)36/h3-4,25,27H,5-24,26H2,1-2H3. The van der Waals surface area contributed by atoms with Gasteiger partial charge in [-0.1, -0.05) is 19.1 Å². The molecule has 1 aliphatic rings. The van der Waals surface area contributed by atoms with Gasteiger partial charge in [0.25, 0.3) is 11.8 Å². The highest BCUT2D eigenvalue weighted by molar-refractivity contribution is 6.12. The molecule has 2 heterocycles. The molecule has 0 bridgehead atoms. The molecule has 0 fully saturated rings. The number of ether oxygens (including phenoxy) is 9. The van der Waals surface area contributed by atoms with Crippen LogP contribution in [-0.2, 0) is 65.3 Å². The van der Waals surface area contributed by atoms with Crippen molar-refractivity contribution in [1.29, 1.82) is 0 Å². The van der Waals surface area contributed by atoms with Crippen LogP contribution in [0.15, 0.2) is 18.3 Å². The molecule has 2 amide bonds. The number of hydrogen-bond donors (Lipinski definition) is 0. The second kappa shape index (κ2) is 26.8. The molecule has 0 aliphatic carbocycles. The SMILES string of the molecule is CC(C)CCOCCOCCOCCOCCOCCOCCOCCOCCOCCn1cc(CN2C(=O)C=CC2=O)nn1. The molecule has 2 rings (SSSR count). The Kier molecular flexibility index (Phi) is 23.2. The molecule has 1 aromatic rings. The lowest BCUT2D eigenvalue weighted by Gasteiger charge is -2.10. The molecule has 15 nitrogen and oxygen atoms in total. The number of carbonyl (C=O) groups is 2. The first-order valence-corrected chi connectivity index (χ1v) is 15.7. The number of rotatable bonds is 32. The van der Waals surface area contributed by atoms with Gasteiger partial charge in [-0.15, -0.1) is 5.10 Å². The van der Waals surface area contributed by atoms with E-state index in [0.29, 0.717) is 130 Å². The van der Waals surface area contributed by atoms with Gasteiger partial charge in [0, 0.05) is 18.8 Å². The quantitative estimate of drug-likeness (QED) is 0.0808. The topological polar surface area (TPSA) is 151 Å². The average molecular weight is 645 g/mol. The van der Waals surface area contributed by atoms with Crippen LogP contribution in [0, 0.1) is 5.92 Å². The highest BCUT2D eigenvalue weighted by Gasteiger charge is 2.24. The van der Waals surface area contributed by atoms with Crippen molar-refractivity contribution in [2.75, 3.05) is 119 Å². The van der Waals surface area contributed by atoms with E-state index in [2.05, 4.69) is 24.2 Å². The summed E-state index contributed by atoms with van der Waals surface area (Å²) in [6.07, 6.45) is 5.25. The van der Waals surface area contributed by atoms with Gasteiger partial charge in [0.15, 0.2) is 0 Å². The van der Waals surface area contributed by atoms with Gasteiger partial charge in [-0.05, 0) is 12.3 Å². The zero-order valence-electron chi connectivity index (χ0n) is 26.9. The smallest absolute Gasteiger partial charge is 0.253 e. The van der Waals surface area contributed by atoms with Crippen LogP contribution in [0.1, 0.15) is 26.0 Å². The van der Waals surface area contributed by atoms with Gasteiger partial charge in [0.05, 0.1) is 132 Å². The van der Waals surface area contributed by atoms with Gasteiger partial charge in [0.2, 0.25) is 0 Å². The molecule has 0 N–H and O–H groups in total. The van der Waals surface area contributed by atoms with Gasteiger partial charge in [-0.2, -0.15) is 0 Å². The van der Waals surface area contributed by atoms with Gasteiger partial charge >= 0.3 is 0 Å². The zero-order chi connectivity index (χ0) is 32.2. The summed E-state index contributed by atoms with van der Waals surface area (Å²) in [5.41, 5.74) is 0.536. The van der Waals surface area contributed by atoms with Crippen molar-refractivity contribution >= 4 is 11.8 Å². The van der Waals surface area contributed by atoms with Gasteiger partial charge in [-0.25, -0.2) is 4.68 Å². The van der Waals surface area contributed by atoms with E-state index in [-0.39, 0.29) is 18.4 Å². The van der Waals surface area contributed by atoms with Crippen LogP contribution in [0.25, 0.3) is 0 Å². The third-order valence-electron chi connectivity index (χ3n) is 6.09. The maximum atomic E-state index is 11.6. The zero-order valence-corrected chi connectivity index (χ0v) is 26.9. The number of carbonyl (C=O) groups excluding carboxylic acids is 2. The molecule has 0 unspecified atom stereocenters. The van der Waals surface area contributed by atoms with Crippen molar-refractivity contribution in [1.82, 2.24) is 19.9 Å². The van der Waals surface area contributed by atoms with Crippen LogP contribution in [0.3, 0.4) is 0 Å². The maximum absolute atomic E-state index is 11.6. The van der Waals surface area contributed by atoms with Gasteiger partial charge in [0.1, 0.15) is 5.69 Å². The summed E-state index contributed by atoms with van der Waals surface area (Å²) in [5.74, 6) is -0.0300. The Morgan fingerprint density at radius 3 is 1.29 bits per heavy atom. The lowest BCUT2D eigenvalue weighted by molar-refractivity contribution is -0.137. The van der Waals surface area contributed by atoms with Crippen molar-refractivity contribution in [2.24, 2.45) is 5.92 Å². The molecular formula is C30H52N4O11. The molecule has 258 valence electrons. The first-order valence-electron chi connectivity index (χ1n) is 15.7. The minimum atomic E-state index is -0.346. The van der Waals surface area contributed by atoms with Crippen molar-refractivity contribution in [3.05, 3.63) is 24.0 Å². The van der Waals surface area contributed by atoms with Crippen molar-refractivity contribution in [2.45, 2.75) is 33.4 Å². The van der Waals surface area contributed by atoms with E-state index in [9.17, 15) is 9.59 Å². The van der Waals surface area contributed by atoms with Gasteiger partial charge < -0.3 is 42.6 Å². The molecule has 0 radical (unpaired) electrons. The van der Waals surface area contributed by atoms with Crippen LogP contribution >= 0.6 is 0 Å². The lowest BCUT2D eigenvalue weighted by atomic mass is 10.1. The number of aromatic nitrogens is 3. The first-order chi connectivity index (χ1) is 22.1. The van der Waals surface area contributed by atoms with E-state index in [0.717, 1.165) is 17.9 Å². The highest BCUT2D eigenvalue weighted by atomic mass is 16.6. The maximum Gasteiger partial charge on any atom is 0.253 e. The summed E-state index contributed by atoms with van der Waals surface area (Å²) in [6, 6.07) is 0. The highest BCUT2D eigenvalue weighted by Crippen LogP contribution is 2.08. The summed E-state index contributed by atoms with van der Waals surface area (Å²) in [7, 11) is 0. The molecule has 15 heteroatoms. The number of amides is 2. The largest absolute Gasteiger partial charge is 0.379 e. The van der Waals surface area contributed by atoms with Crippen molar-refractivity contribution in [3.63, 3.8) is 0 Å². The Morgan fingerprint density at radius 2 is 0.911 bits per heavy atom. The Hall–Kier alpha value is -2.34. The van der Waals surface area contributed by atoms with Crippen LogP contribution in [-0.4, -0.2) is 151 Å². The number of nitrogens with zero attached hydrogens (tertiary/aromatic N) is 4. The summed E-state index contributed by atoms with van der Waals surface area (Å²) in [5, 5.41) is 7.97. The van der Waals surface area contributed by atoms with E-state index in [1.807, 2.05) is 0 Å². The minimum absolute atomic E-state index is 0.100. The van der Waals surface area contributed by atoms with E-state index in [1.54, 1.807) is 10.9 Å². The van der Waals surface area contributed by atoms with Crippen LogP contribution in [0.5, 0.6) is 0 Å². The fraction of sp³-hybridized carbons (Fsp3) is 0.800. The van der Waals surface area contributed by atoms with Crippen LogP contribution in [0.4, 0.5) is 0 Å². The third kappa shape index (κ3) is 21.2. The fourth-order valence-electron chi connectivity index (χ4n) is 3.61. The summed E-state index contributed by atoms with van der Waals surface area (Å²) in [4.78, 5) is 24.3. The van der Waals surface area contributed by atoms with Crippen molar-refractivity contribution in [3.8, 4) is 0 Å². The molecular weight excluding hydrogens is 592 g/mol. The summed E-state index contributed by atoms with van der Waals surface area (Å²) < 4.78 is 50.9. The predicted octanol–water partition coefficient (Wildman–Crippen LogP) is 0.899. The van der Waals surface area contributed by atoms with E-state index in [4.69, 9.17) is 42.6 Å². The molecule has 1 aromatic heterocycles. The molecule has 45 heavy (non-hydrogen) atoms. The monoisotopic (exact) mass is 644 g/mol. The second-order valence-electron chi connectivity index (χ2n) is 10.3.